The number of rotatable bonds is 8. The Morgan fingerprint density at radius 2 is 1.67 bits per heavy atom. The average Bonchev–Trinajstić information content (AvgIpc) is 3.21. The van der Waals surface area contributed by atoms with Crippen LogP contribution in [0.4, 0.5) is 5.69 Å². The van der Waals surface area contributed by atoms with Gasteiger partial charge in [-0.2, -0.15) is 0 Å². The fourth-order valence-electron chi connectivity index (χ4n) is 3.80. The minimum atomic E-state index is -0.355. The van der Waals surface area contributed by atoms with Crippen LogP contribution in [0.3, 0.4) is 0 Å². The lowest BCUT2D eigenvalue weighted by Gasteiger charge is -2.17. The first-order valence-corrected chi connectivity index (χ1v) is 11.5. The Bertz CT molecular complexity index is 1100. The highest BCUT2D eigenvalue weighted by atomic mass is 35.5. The molecule has 7 heteroatoms. The molecule has 0 spiro atoms. The van der Waals surface area contributed by atoms with Gasteiger partial charge in [0.05, 0.1) is 5.92 Å². The van der Waals surface area contributed by atoms with E-state index in [1.54, 1.807) is 35.2 Å². The van der Waals surface area contributed by atoms with E-state index in [9.17, 15) is 9.59 Å². The zero-order chi connectivity index (χ0) is 23.2. The number of hydrogen-bond acceptors (Lipinski definition) is 3. The van der Waals surface area contributed by atoms with Crippen LogP contribution in [0, 0.1) is 5.92 Å². The first-order valence-electron chi connectivity index (χ1n) is 10.8. The number of carbonyl (C=O) groups is 2. The van der Waals surface area contributed by atoms with Gasteiger partial charge in [0, 0.05) is 40.8 Å². The molecule has 2 amide bonds. The molecule has 33 heavy (non-hydrogen) atoms. The highest BCUT2D eigenvalue weighted by Crippen LogP contribution is 2.29. The molecule has 3 aromatic carbocycles. The molecule has 0 bridgehead atoms. The molecule has 4 rings (SSSR count). The first-order chi connectivity index (χ1) is 16.0. The van der Waals surface area contributed by atoms with Gasteiger partial charge in [-0.25, -0.2) is 0 Å². The molecular formula is C26H24Cl2N2O3. The lowest BCUT2D eigenvalue weighted by Crippen LogP contribution is -2.34. The molecule has 1 saturated heterocycles. The fourth-order valence-corrected chi connectivity index (χ4v) is 4.31. The number of nitrogens with one attached hydrogen (secondary N) is 1. The van der Waals surface area contributed by atoms with Crippen LogP contribution in [0.5, 0.6) is 5.75 Å². The number of amides is 2. The zero-order valence-electron chi connectivity index (χ0n) is 18.0. The van der Waals surface area contributed by atoms with Crippen molar-refractivity contribution in [3.8, 4) is 5.75 Å². The summed E-state index contributed by atoms with van der Waals surface area (Å²) in [6, 6.07) is 22.5. The van der Waals surface area contributed by atoms with Gasteiger partial charge in [-0.3, -0.25) is 9.59 Å². The largest absolute Gasteiger partial charge is 0.489 e. The lowest BCUT2D eigenvalue weighted by atomic mass is 10.1. The molecule has 170 valence electrons. The van der Waals surface area contributed by atoms with Crippen molar-refractivity contribution in [2.24, 2.45) is 5.92 Å². The summed E-state index contributed by atoms with van der Waals surface area (Å²) in [7, 11) is 0. The fraction of sp³-hybridized carbons (Fsp3) is 0.231. The van der Waals surface area contributed by atoms with Gasteiger partial charge in [0.15, 0.2) is 0 Å². The van der Waals surface area contributed by atoms with E-state index in [1.807, 2.05) is 42.5 Å². The van der Waals surface area contributed by atoms with Crippen LogP contribution >= 0.6 is 23.2 Å². The minimum Gasteiger partial charge on any atom is -0.489 e. The second-order valence-electron chi connectivity index (χ2n) is 7.91. The Morgan fingerprint density at radius 1 is 0.970 bits per heavy atom. The summed E-state index contributed by atoms with van der Waals surface area (Å²) < 4.78 is 5.80. The van der Waals surface area contributed by atoms with Crippen molar-refractivity contribution in [3.63, 3.8) is 0 Å². The van der Waals surface area contributed by atoms with Gasteiger partial charge in [-0.1, -0.05) is 59.6 Å². The second kappa shape index (κ2) is 10.7. The number of hydrogen-bond donors (Lipinski definition) is 1. The van der Waals surface area contributed by atoms with Crippen molar-refractivity contribution >= 4 is 40.7 Å². The molecule has 0 saturated carbocycles. The minimum absolute atomic E-state index is 0.0604. The zero-order valence-corrected chi connectivity index (χ0v) is 19.5. The highest BCUT2D eigenvalue weighted by molar-refractivity contribution is 6.35. The smallest absolute Gasteiger partial charge is 0.227 e. The number of halogens is 2. The summed E-state index contributed by atoms with van der Waals surface area (Å²) >= 11 is 12.4. The van der Waals surface area contributed by atoms with Crippen LogP contribution in [-0.2, 0) is 22.6 Å². The van der Waals surface area contributed by atoms with E-state index in [4.69, 9.17) is 27.9 Å². The van der Waals surface area contributed by atoms with Gasteiger partial charge in [0.2, 0.25) is 11.8 Å². The Hall–Kier alpha value is -3.02. The molecule has 1 heterocycles. The molecule has 0 aliphatic carbocycles. The maximum absolute atomic E-state index is 12.6. The summed E-state index contributed by atoms with van der Waals surface area (Å²) in [6.07, 6.45) is 0.970. The van der Waals surface area contributed by atoms with Gasteiger partial charge >= 0.3 is 0 Å². The molecule has 0 aromatic heterocycles. The lowest BCUT2D eigenvalue weighted by molar-refractivity contribution is -0.126. The topological polar surface area (TPSA) is 58.6 Å². The third-order valence-electron chi connectivity index (χ3n) is 5.64. The van der Waals surface area contributed by atoms with Crippen molar-refractivity contribution in [2.75, 3.05) is 18.0 Å². The number of ether oxygens (including phenoxy) is 1. The Kier molecular flexibility index (Phi) is 7.53. The molecule has 1 unspecified atom stereocenters. The predicted molar refractivity (Wildman–Crippen MR) is 131 cm³/mol. The molecular weight excluding hydrogens is 459 g/mol. The Balaban J connectivity index is 1.30. The van der Waals surface area contributed by atoms with E-state index in [0.29, 0.717) is 28.9 Å². The molecule has 1 atom stereocenters. The molecule has 1 aliphatic rings. The summed E-state index contributed by atoms with van der Waals surface area (Å²) in [5, 5.41) is 4.06. The van der Waals surface area contributed by atoms with Crippen molar-refractivity contribution in [1.29, 1.82) is 0 Å². The molecule has 1 N–H and O–H groups in total. The normalized spacial score (nSPS) is 15.5. The first kappa shape index (κ1) is 23.1. The maximum Gasteiger partial charge on any atom is 0.227 e. The Labute approximate surface area is 203 Å². The van der Waals surface area contributed by atoms with Crippen LogP contribution in [0.1, 0.15) is 17.5 Å². The third kappa shape index (κ3) is 5.86. The van der Waals surface area contributed by atoms with Crippen LogP contribution in [0.25, 0.3) is 0 Å². The molecule has 3 aromatic rings. The number of nitrogens with zero attached hydrogens (tertiary/aromatic N) is 1. The van der Waals surface area contributed by atoms with Crippen molar-refractivity contribution in [3.05, 3.63) is 94.0 Å². The van der Waals surface area contributed by atoms with E-state index in [-0.39, 0.29) is 30.8 Å². The van der Waals surface area contributed by atoms with E-state index in [2.05, 4.69) is 5.32 Å². The van der Waals surface area contributed by atoms with Crippen molar-refractivity contribution in [1.82, 2.24) is 5.32 Å². The predicted octanol–water partition coefficient (Wildman–Crippen LogP) is 5.28. The maximum atomic E-state index is 12.6. The third-order valence-corrected chi connectivity index (χ3v) is 6.35. The van der Waals surface area contributed by atoms with Gasteiger partial charge in [-0.05, 0) is 48.4 Å². The standard InChI is InChI=1S/C26H24Cl2N2O3/c27-23-7-4-8-24(28)22(23)17-33-21-11-9-20(10-12-21)30-16-19(15-25(30)31)26(32)29-14-13-18-5-2-1-3-6-18/h1-12,19H,13-17H2,(H,29,32). The summed E-state index contributed by atoms with van der Waals surface area (Å²) in [4.78, 5) is 26.7. The van der Waals surface area contributed by atoms with E-state index < -0.39 is 0 Å². The summed E-state index contributed by atoms with van der Waals surface area (Å²) in [5.41, 5.74) is 2.63. The Morgan fingerprint density at radius 3 is 2.36 bits per heavy atom. The molecule has 0 radical (unpaired) electrons. The molecule has 1 aliphatic heterocycles. The second-order valence-corrected chi connectivity index (χ2v) is 8.73. The van der Waals surface area contributed by atoms with E-state index >= 15 is 0 Å². The van der Waals surface area contributed by atoms with Crippen molar-refractivity contribution < 1.29 is 14.3 Å². The van der Waals surface area contributed by atoms with Crippen LogP contribution in [0.15, 0.2) is 72.8 Å². The van der Waals surface area contributed by atoms with Crippen molar-refractivity contribution in [2.45, 2.75) is 19.4 Å². The summed E-state index contributed by atoms with van der Waals surface area (Å²) in [5.74, 6) is 0.135. The number of anilines is 1. The molecule has 1 fully saturated rings. The van der Waals surface area contributed by atoms with Gasteiger partial charge in [0.1, 0.15) is 12.4 Å². The number of benzene rings is 3. The van der Waals surface area contributed by atoms with Crippen LogP contribution in [-0.4, -0.2) is 24.9 Å². The van der Waals surface area contributed by atoms with Gasteiger partial charge in [0.25, 0.3) is 0 Å². The average molecular weight is 483 g/mol. The van der Waals surface area contributed by atoms with E-state index in [1.165, 1.54) is 5.56 Å². The highest BCUT2D eigenvalue weighted by Gasteiger charge is 2.34. The summed E-state index contributed by atoms with van der Waals surface area (Å²) in [6.45, 7) is 1.16. The monoisotopic (exact) mass is 482 g/mol. The van der Waals surface area contributed by atoms with E-state index in [0.717, 1.165) is 17.7 Å². The van der Waals surface area contributed by atoms with Gasteiger partial charge in [-0.15, -0.1) is 0 Å². The van der Waals surface area contributed by atoms with Crippen LogP contribution in [0.2, 0.25) is 10.0 Å². The number of carbonyl (C=O) groups excluding carboxylic acids is 2. The molecule has 5 nitrogen and oxygen atoms in total. The SMILES string of the molecule is O=C(NCCc1ccccc1)C1CC(=O)N(c2ccc(OCc3c(Cl)cccc3Cl)cc2)C1. The van der Waals surface area contributed by atoms with Gasteiger partial charge < -0.3 is 15.0 Å². The quantitative estimate of drug-likeness (QED) is 0.474. The van der Waals surface area contributed by atoms with Crippen LogP contribution < -0.4 is 15.0 Å².